The van der Waals surface area contributed by atoms with E-state index in [1.54, 1.807) is 0 Å². The molecular formula is C16H8F2Pt. The third kappa shape index (κ3) is 6.56. The Labute approximate surface area is 126 Å². The monoisotopic (exact) mass is 433 g/mol. The van der Waals surface area contributed by atoms with Crippen molar-refractivity contribution in [2.45, 2.75) is 0 Å². The molecular weight excluding hydrogens is 425 g/mol. The van der Waals surface area contributed by atoms with E-state index in [0.717, 1.165) is 0 Å². The number of hydrogen-bond acceptors (Lipinski definition) is 0. The Balaban J connectivity index is 0.000000324. The van der Waals surface area contributed by atoms with Crippen molar-refractivity contribution in [3.63, 3.8) is 0 Å². The topological polar surface area (TPSA) is 0 Å². The molecule has 0 saturated heterocycles. The van der Waals surface area contributed by atoms with E-state index in [1.165, 1.54) is 48.5 Å². The maximum Gasteiger partial charge on any atom is 2.00 e. The second-order valence-corrected chi connectivity index (χ2v) is 3.26. The molecule has 3 heteroatoms. The van der Waals surface area contributed by atoms with Crippen molar-refractivity contribution in [2.75, 3.05) is 0 Å². The Bertz CT molecular complexity index is 517. The molecule has 0 saturated carbocycles. The number of rotatable bonds is 0. The molecule has 2 aromatic carbocycles. The molecule has 0 aromatic heterocycles. The zero-order valence-corrected chi connectivity index (χ0v) is 12.0. The number of halogens is 2. The van der Waals surface area contributed by atoms with Gasteiger partial charge in [0.1, 0.15) is 11.6 Å². The maximum absolute atomic E-state index is 12.1. The standard InChI is InChI=1S/2C8H4F.Pt/c2*1-2-7-3-5-8(9)6-4-7;/h2*3-6H;/q2*-1;+2. The molecule has 0 aliphatic carbocycles. The molecule has 2 aromatic rings. The fraction of sp³-hybridized carbons (Fsp3) is 0. The van der Waals surface area contributed by atoms with Crippen LogP contribution in [0.25, 0.3) is 0 Å². The quantitative estimate of drug-likeness (QED) is 0.441. The molecule has 0 aliphatic heterocycles. The van der Waals surface area contributed by atoms with Gasteiger partial charge in [-0.2, -0.15) is 0 Å². The fourth-order valence-electron chi connectivity index (χ4n) is 1.07. The third-order valence-corrected chi connectivity index (χ3v) is 1.98. The van der Waals surface area contributed by atoms with Crippen LogP contribution in [0, 0.1) is 36.3 Å². The molecule has 0 unspecified atom stereocenters. The van der Waals surface area contributed by atoms with E-state index < -0.39 is 0 Å². The van der Waals surface area contributed by atoms with Gasteiger partial charge in [-0.15, -0.1) is 35.4 Å². The van der Waals surface area contributed by atoms with Crippen molar-refractivity contribution >= 4 is 0 Å². The third-order valence-electron chi connectivity index (χ3n) is 1.98. The minimum Gasteiger partial charge on any atom is -0.366 e. The summed E-state index contributed by atoms with van der Waals surface area (Å²) in [5, 5.41) is 0. The molecule has 0 heterocycles. The summed E-state index contributed by atoms with van der Waals surface area (Å²) >= 11 is 0. The van der Waals surface area contributed by atoms with Crippen LogP contribution in [0.3, 0.4) is 0 Å². The van der Waals surface area contributed by atoms with Crippen molar-refractivity contribution in [3.05, 3.63) is 84.1 Å². The summed E-state index contributed by atoms with van der Waals surface area (Å²) in [4.78, 5) is 0. The van der Waals surface area contributed by atoms with Crippen molar-refractivity contribution in [2.24, 2.45) is 0 Å². The van der Waals surface area contributed by atoms with Gasteiger partial charge in [0.15, 0.2) is 0 Å². The van der Waals surface area contributed by atoms with Gasteiger partial charge in [-0.05, 0) is 24.3 Å². The van der Waals surface area contributed by atoms with Crippen molar-refractivity contribution in [1.82, 2.24) is 0 Å². The summed E-state index contributed by atoms with van der Waals surface area (Å²) in [6.07, 6.45) is 13.3. The zero-order valence-electron chi connectivity index (χ0n) is 9.69. The Morgan fingerprint density at radius 3 is 1.11 bits per heavy atom. The normalized spacial score (nSPS) is 8.00. The maximum atomic E-state index is 12.1. The van der Waals surface area contributed by atoms with Gasteiger partial charge in [0.25, 0.3) is 0 Å². The molecule has 96 valence electrons. The number of benzene rings is 2. The van der Waals surface area contributed by atoms with Crippen LogP contribution in [0.4, 0.5) is 8.78 Å². The molecule has 0 aliphatic rings. The van der Waals surface area contributed by atoms with Gasteiger partial charge in [-0.25, -0.2) is 8.78 Å². The van der Waals surface area contributed by atoms with Gasteiger partial charge in [0.05, 0.1) is 0 Å². The van der Waals surface area contributed by atoms with Crippen LogP contribution in [-0.4, -0.2) is 0 Å². The zero-order chi connectivity index (χ0) is 13.4. The molecule has 0 nitrogen and oxygen atoms in total. The molecule has 2 rings (SSSR count). The average Bonchev–Trinajstić information content (AvgIpc) is 2.41. The van der Waals surface area contributed by atoms with Gasteiger partial charge in [-0.1, -0.05) is 0 Å². The molecule has 19 heavy (non-hydrogen) atoms. The van der Waals surface area contributed by atoms with Gasteiger partial charge in [0.2, 0.25) is 0 Å². The molecule has 0 N–H and O–H groups in total. The molecule has 0 bridgehead atoms. The van der Waals surface area contributed by atoms with E-state index in [-0.39, 0.29) is 32.7 Å². The van der Waals surface area contributed by atoms with Crippen molar-refractivity contribution in [3.8, 4) is 11.8 Å². The smallest absolute Gasteiger partial charge is 0.366 e. The van der Waals surface area contributed by atoms with E-state index in [4.69, 9.17) is 12.8 Å². The SMILES string of the molecule is [C-]#Cc1ccc(F)cc1.[C-]#Cc1ccc(F)cc1.[Pt+2]. The van der Waals surface area contributed by atoms with Gasteiger partial charge < -0.3 is 12.8 Å². The summed E-state index contributed by atoms with van der Waals surface area (Å²) in [5.74, 6) is 3.71. The molecule has 0 amide bonds. The summed E-state index contributed by atoms with van der Waals surface area (Å²) < 4.78 is 24.3. The molecule has 0 fully saturated rings. The first-order valence-corrected chi connectivity index (χ1v) is 5.02. The van der Waals surface area contributed by atoms with E-state index in [1.807, 2.05) is 0 Å². The van der Waals surface area contributed by atoms with Crippen LogP contribution >= 0.6 is 0 Å². The van der Waals surface area contributed by atoms with E-state index in [9.17, 15) is 8.78 Å². The largest absolute Gasteiger partial charge is 2.00 e. The minimum atomic E-state index is -0.283. The Hall–Kier alpha value is -1.89. The van der Waals surface area contributed by atoms with Crippen LogP contribution in [0.15, 0.2) is 48.5 Å². The predicted octanol–water partition coefficient (Wildman–Crippen LogP) is 3.52. The number of hydrogen-bond donors (Lipinski definition) is 0. The summed E-state index contributed by atoms with van der Waals surface area (Å²) in [6.45, 7) is 0. The van der Waals surface area contributed by atoms with Crippen molar-refractivity contribution < 1.29 is 29.8 Å². The summed E-state index contributed by atoms with van der Waals surface area (Å²) in [6, 6.07) is 11.2. The van der Waals surface area contributed by atoms with Crippen LogP contribution in [0.2, 0.25) is 0 Å². The van der Waals surface area contributed by atoms with Gasteiger partial charge >= 0.3 is 21.1 Å². The van der Waals surface area contributed by atoms with Crippen LogP contribution in [0.1, 0.15) is 11.1 Å². The van der Waals surface area contributed by atoms with E-state index in [0.29, 0.717) is 11.1 Å². The molecule has 0 spiro atoms. The minimum absolute atomic E-state index is 0. The Morgan fingerprint density at radius 1 is 0.632 bits per heavy atom. The fourth-order valence-corrected chi connectivity index (χ4v) is 1.07. The van der Waals surface area contributed by atoms with Crippen LogP contribution in [0.5, 0.6) is 0 Å². The Morgan fingerprint density at radius 2 is 0.895 bits per heavy atom. The Kier molecular flexibility index (Phi) is 8.19. The average molecular weight is 433 g/mol. The summed E-state index contributed by atoms with van der Waals surface area (Å²) in [5.41, 5.74) is 1.19. The van der Waals surface area contributed by atoms with Crippen molar-refractivity contribution in [1.29, 1.82) is 0 Å². The first kappa shape index (κ1) is 17.1. The summed E-state index contributed by atoms with van der Waals surface area (Å²) in [7, 11) is 0. The second kappa shape index (κ2) is 9.09. The molecule has 0 radical (unpaired) electrons. The van der Waals surface area contributed by atoms with Crippen LogP contribution in [-0.2, 0) is 21.1 Å². The van der Waals surface area contributed by atoms with E-state index >= 15 is 0 Å². The van der Waals surface area contributed by atoms with Crippen LogP contribution < -0.4 is 0 Å². The van der Waals surface area contributed by atoms with Gasteiger partial charge in [0, 0.05) is 0 Å². The van der Waals surface area contributed by atoms with E-state index in [2.05, 4.69) is 11.8 Å². The van der Waals surface area contributed by atoms with Gasteiger partial charge in [-0.3, -0.25) is 11.8 Å². The second-order valence-electron chi connectivity index (χ2n) is 3.26. The first-order chi connectivity index (χ1) is 8.65. The molecule has 0 atom stereocenters. The predicted molar refractivity (Wildman–Crippen MR) is 65.3 cm³/mol. The first-order valence-electron chi connectivity index (χ1n) is 5.02.